The number of nitrogens with one attached hydrogen (secondary N) is 7. The predicted octanol–water partition coefficient (Wildman–Crippen LogP) is -3.66. The smallest absolute Gasteiger partial charge is 0.326 e. The van der Waals surface area contributed by atoms with E-state index in [1.54, 1.807) is 19.9 Å². The molecule has 13 N–H and O–H groups in total. The first-order chi connectivity index (χ1) is 34.3. The van der Waals surface area contributed by atoms with Crippen LogP contribution in [0.25, 0.3) is 10.9 Å². The van der Waals surface area contributed by atoms with E-state index in [9.17, 15) is 67.7 Å². The molecule has 2 aliphatic heterocycles. The number of aliphatic hydroxyl groups excluding tert-OH is 1. The molecule has 0 saturated carbocycles. The molecule has 0 aliphatic carbocycles. The number of primary amides is 1. The van der Waals surface area contributed by atoms with Crippen molar-refractivity contribution in [3.63, 3.8) is 0 Å². The molecule has 0 radical (unpaired) electrons. The first kappa shape index (κ1) is 58.2. The lowest BCUT2D eigenvalue weighted by atomic mass is 9.95. The number of nitrogens with zero attached hydrogens (tertiary/aromatic N) is 1. The molecular weight excluding hydrogens is 985 g/mol. The standard InChI is InChI=1S/C45H62N10O17S/c1-7-19(2)37-42(66)49-14-35(61)50-31(18-73-43-27(12-28(46)39(63)48-15-36(62)53-37)26-9-8-25(71-22(5)57)11-29(26)52-43)40(64)51-30(13-34(47)60)44(67)55-16-24(59)10-32(55)41(65)54-38(45(68)69)20(3)33(72-23(6)58)17-70-21(4)56/h8-9,11,19-20,24,28,30-33,37-38,52,59H,7,10,12-18,46H2,1-6H3,(H2,47,60)(H,48,63)(H,49,66)(H,50,61)(H,51,64)(H,53,62)(H,54,65)(H,68,69)/t19-,20-,24+,28-,30-,31-,32-,33-,37-,38?/m0/s1. The SMILES string of the molecule is CC[C@H](C)[C@@H]1NC(=O)CNC(=O)[C@@H](N)Cc2c([nH]c3cc(OC(C)=O)ccc23)SC[C@@H](C(=O)N[C@@H](CC(N)=O)C(=O)N2C[C@H](O)C[C@H]2C(=O)NC(C(=O)O)[C@@H](C)[C@H](COC(C)=O)OC(C)=O)NC(=O)CNC1=O. The first-order valence-corrected chi connectivity index (χ1v) is 24.0. The summed E-state index contributed by atoms with van der Waals surface area (Å²) < 4.78 is 15.3. The molecule has 1 fully saturated rings. The van der Waals surface area contributed by atoms with Crippen molar-refractivity contribution in [2.24, 2.45) is 23.3 Å². The minimum absolute atomic E-state index is 0.154. The number of aliphatic hydroxyl groups is 1. The lowest BCUT2D eigenvalue weighted by Gasteiger charge is -2.32. The van der Waals surface area contributed by atoms with Gasteiger partial charge in [-0.3, -0.25) is 52.7 Å². The molecule has 8 amide bonds. The van der Waals surface area contributed by atoms with Gasteiger partial charge in [0.15, 0.2) is 0 Å². The number of likely N-dealkylation sites (tertiary alicyclic amines) is 1. The molecule has 2 aromatic rings. The molecule has 1 unspecified atom stereocenters. The Morgan fingerprint density at radius 2 is 1.56 bits per heavy atom. The number of nitrogens with two attached hydrogens (primary N) is 2. The second-order valence-electron chi connectivity index (χ2n) is 17.6. The van der Waals surface area contributed by atoms with Crippen LogP contribution >= 0.6 is 11.8 Å². The number of fused-ring (bicyclic) bond motifs is 3. The summed E-state index contributed by atoms with van der Waals surface area (Å²) in [7, 11) is 0. The number of carbonyl (C=O) groups is 12. The van der Waals surface area contributed by atoms with Gasteiger partial charge in [0, 0.05) is 56.9 Å². The zero-order chi connectivity index (χ0) is 54.4. The number of hydrogen-bond acceptors (Lipinski definition) is 18. The third kappa shape index (κ3) is 16.6. The number of carbonyl (C=O) groups excluding carboxylic acids is 11. The maximum absolute atomic E-state index is 14.4. The van der Waals surface area contributed by atoms with Gasteiger partial charge < -0.3 is 77.7 Å². The summed E-state index contributed by atoms with van der Waals surface area (Å²) in [4.78, 5) is 160. The second-order valence-corrected chi connectivity index (χ2v) is 18.6. The Labute approximate surface area is 422 Å². The van der Waals surface area contributed by atoms with Crippen molar-refractivity contribution >= 4 is 93.8 Å². The van der Waals surface area contributed by atoms with Gasteiger partial charge in [-0.15, -0.1) is 11.8 Å². The van der Waals surface area contributed by atoms with Crippen LogP contribution in [0.15, 0.2) is 23.2 Å². The molecule has 28 heteroatoms. The highest BCUT2D eigenvalue weighted by atomic mass is 32.2. The molecule has 1 aromatic carbocycles. The fraction of sp³-hybridized carbons (Fsp3) is 0.556. The summed E-state index contributed by atoms with van der Waals surface area (Å²) >= 11 is 0.934. The van der Waals surface area contributed by atoms with Crippen molar-refractivity contribution in [2.75, 3.05) is 32.0 Å². The van der Waals surface area contributed by atoms with Gasteiger partial charge in [-0.1, -0.05) is 27.2 Å². The van der Waals surface area contributed by atoms with E-state index < -0.39 is 171 Å². The molecule has 27 nitrogen and oxygen atoms in total. The Balaban J connectivity index is 1.70. The Morgan fingerprint density at radius 3 is 2.16 bits per heavy atom. The van der Waals surface area contributed by atoms with Crippen molar-refractivity contribution in [3.8, 4) is 5.75 Å². The van der Waals surface area contributed by atoms with E-state index in [0.29, 0.717) is 27.9 Å². The lowest BCUT2D eigenvalue weighted by Crippen LogP contribution is -2.60. The lowest BCUT2D eigenvalue weighted by molar-refractivity contribution is -0.162. The maximum atomic E-state index is 14.4. The van der Waals surface area contributed by atoms with Crippen LogP contribution in [0, 0.1) is 11.8 Å². The van der Waals surface area contributed by atoms with Crippen LogP contribution in [0.3, 0.4) is 0 Å². The third-order valence-electron chi connectivity index (χ3n) is 11.9. The molecule has 2 aliphatic rings. The number of benzene rings is 1. The number of esters is 3. The number of hydrogen-bond donors (Lipinski definition) is 11. The summed E-state index contributed by atoms with van der Waals surface area (Å²) in [6.07, 6.45) is -3.83. The molecule has 1 aromatic heterocycles. The number of β-amino-alcohol motifs (C(OH)–C–C–N with tert-alkyl or cyclic N) is 1. The van der Waals surface area contributed by atoms with E-state index in [1.165, 1.54) is 26.0 Å². The van der Waals surface area contributed by atoms with E-state index in [2.05, 4.69) is 36.9 Å². The highest BCUT2D eigenvalue weighted by Crippen LogP contribution is 2.33. The molecule has 4 rings (SSSR count). The quantitative estimate of drug-likeness (QED) is 0.0570. The largest absolute Gasteiger partial charge is 0.480 e. The van der Waals surface area contributed by atoms with E-state index in [0.717, 1.165) is 30.5 Å². The van der Waals surface area contributed by atoms with Gasteiger partial charge in [-0.2, -0.15) is 0 Å². The summed E-state index contributed by atoms with van der Waals surface area (Å²) in [6, 6.07) is -4.79. The van der Waals surface area contributed by atoms with Gasteiger partial charge in [0.05, 0.1) is 42.2 Å². The summed E-state index contributed by atoms with van der Waals surface area (Å²) in [5.41, 5.74) is 12.7. The second kappa shape index (κ2) is 26.4. The number of carboxylic acid groups (broad SMARTS) is 1. The molecule has 10 atom stereocenters. The minimum Gasteiger partial charge on any atom is -0.480 e. The number of aromatic amines is 1. The van der Waals surface area contributed by atoms with Crippen LogP contribution < -0.4 is 48.1 Å². The Kier molecular flexibility index (Phi) is 21.1. The molecular formula is C45H62N10O17S. The third-order valence-corrected chi connectivity index (χ3v) is 13.0. The average molecular weight is 1050 g/mol. The van der Waals surface area contributed by atoms with Crippen molar-refractivity contribution in [1.82, 2.24) is 41.8 Å². The normalized spacial score (nSPS) is 22.1. The van der Waals surface area contributed by atoms with Crippen LogP contribution in [0.4, 0.5) is 0 Å². The Morgan fingerprint density at radius 1 is 0.904 bits per heavy atom. The number of rotatable bonds is 16. The minimum atomic E-state index is -1.87. The zero-order valence-corrected chi connectivity index (χ0v) is 41.7. The summed E-state index contributed by atoms with van der Waals surface area (Å²) in [5.74, 6) is -13.4. The van der Waals surface area contributed by atoms with Crippen molar-refractivity contribution in [3.05, 3.63) is 23.8 Å². The average Bonchev–Trinajstić information content (AvgIpc) is 3.87. The van der Waals surface area contributed by atoms with Gasteiger partial charge in [-0.05, 0) is 30.0 Å². The highest BCUT2D eigenvalue weighted by molar-refractivity contribution is 7.99. The van der Waals surface area contributed by atoms with Crippen LogP contribution in [0.5, 0.6) is 5.75 Å². The van der Waals surface area contributed by atoms with Gasteiger partial charge in [-0.25, -0.2) is 4.79 Å². The van der Waals surface area contributed by atoms with Crippen LogP contribution in [-0.2, 0) is 73.4 Å². The highest BCUT2D eigenvalue weighted by Gasteiger charge is 2.45. The molecule has 1 saturated heterocycles. The molecule has 0 spiro atoms. The topological polar surface area (TPSA) is 416 Å². The van der Waals surface area contributed by atoms with Gasteiger partial charge in [0.1, 0.15) is 48.7 Å². The monoisotopic (exact) mass is 1050 g/mol. The van der Waals surface area contributed by atoms with Crippen molar-refractivity contribution in [2.45, 2.75) is 121 Å². The van der Waals surface area contributed by atoms with Gasteiger partial charge in [0.25, 0.3) is 0 Å². The van der Waals surface area contributed by atoms with Crippen molar-refractivity contribution < 1.29 is 82.0 Å². The molecule has 73 heavy (non-hydrogen) atoms. The fourth-order valence-corrected chi connectivity index (χ4v) is 9.06. The van der Waals surface area contributed by atoms with E-state index in [4.69, 9.17) is 25.7 Å². The van der Waals surface area contributed by atoms with E-state index >= 15 is 0 Å². The number of H-pyrrole nitrogens is 1. The van der Waals surface area contributed by atoms with Crippen molar-refractivity contribution in [1.29, 1.82) is 0 Å². The predicted molar refractivity (Wildman–Crippen MR) is 254 cm³/mol. The van der Waals surface area contributed by atoms with E-state index in [-0.39, 0.29) is 17.9 Å². The number of thioether (sulfide) groups is 1. The summed E-state index contributed by atoms with van der Waals surface area (Å²) in [6.45, 7) is 5.62. The fourth-order valence-electron chi connectivity index (χ4n) is 7.94. The van der Waals surface area contributed by atoms with Gasteiger partial charge >= 0.3 is 23.9 Å². The first-order valence-electron chi connectivity index (χ1n) is 23.1. The van der Waals surface area contributed by atoms with Crippen LogP contribution in [-0.4, -0.2) is 172 Å². The Bertz CT molecular complexity index is 2470. The number of ether oxygens (including phenoxy) is 3. The number of aliphatic carboxylic acids is 1. The van der Waals surface area contributed by atoms with E-state index in [1.807, 2.05) is 0 Å². The zero-order valence-electron chi connectivity index (χ0n) is 40.9. The number of amides is 8. The number of carboxylic acids is 1. The Hall–Kier alpha value is -7.33. The summed E-state index contributed by atoms with van der Waals surface area (Å²) in [5, 5.41) is 36.3. The maximum Gasteiger partial charge on any atom is 0.326 e. The molecule has 3 heterocycles. The molecule has 400 valence electrons. The number of aromatic nitrogens is 1. The van der Waals surface area contributed by atoms with Crippen LogP contribution in [0.1, 0.15) is 66.4 Å². The molecule has 0 bridgehead atoms. The van der Waals surface area contributed by atoms with Gasteiger partial charge in [0.2, 0.25) is 47.3 Å². The van der Waals surface area contributed by atoms with Crippen LogP contribution in [0.2, 0.25) is 0 Å².